The fraction of sp³-hybridized carbons (Fsp3) is 0.417. The van der Waals surface area contributed by atoms with Gasteiger partial charge in [0.05, 0.1) is 50.1 Å². The number of anilines is 1. The van der Waals surface area contributed by atoms with Gasteiger partial charge in [-0.2, -0.15) is 0 Å². The molecule has 0 saturated carbocycles. The Morgan fingerprint density at radius 3 is 2.45 bits per heavy atom. The topological polar surface area (TPSA) is 83.3 Å². The summed E-state index contributed by atoms with van der Waals surface area (Å²) in [6, 6.07) is 18.3. The van der Waals surface area contributed by atoms with Crippen molar-refractivity contribution in [1.29, 1.82) is 0 Å². The van der Waals surface area contributed by atoms with Crippen LogP contribution in [0.5, 0.6) is 0 Å². The number of hydrogen-bond acceptors (Lipinski definition) is 6. The molecular formula is C24H29N4O3S2+. The molecule has 0 aromatic heterocycles. The van der Waals surface area contributed by atoms with Gasteiger partial charge in [-0.3, -0.25) is 9.79 Å². The van der Waals surface area contributed by atoms with Gasteiger partial charge in [0.25, 0.3) is 0 Å². The summed E-state index contributed by atoms with van der Waals surface area (Å²) in [7, 11) is -2.94. The Bertz CT molecular complexity index is 1130. The molecule has 0 aliphatic carbocycles. The number of piperazine rings is 1. The van der Waals surface area contributed by atoms with Gasteiger partial charge in [-0.1, -0.05) is 54.2 Å². The number of carbonyl (C=O) groups is 1. The van der Waals surface area contributed by atoms with E-state index in [4.69, 9.17) is 0 Å². The first-order chi connectivity index (χ1) is 15.9. The highest BCUT2D eigenvalue weighted by Gasteiger charge is 2.42. The molecule has 174 valence electrons. The third-order valence-corrected chi connectivity index (χ3v) is 9.64. The maximum Gasteiger partial charge on any atom is 0.227 e. The number of amides is 1. The second-order valence-electron chi connectivity index (χ2n) is 9.03. The van der Waals surface area contributed by atoms with Crippen LogP contribution in [0.1, 0.15) is 11.1 Å². The van der Waals surface area contributed by atoms with Gasteiger partial charge in [0.1, 0.15) is 6.54 Å². The number of fused-ring (bicyclic) bond motifs is 1. The second-order valence-corrected chi connectivity index (χ2v) is 12.4. The van der Waals surface area contributed by atoms with Gasteiger partial charge in [-0.05, 0) is 17.7 Å². The molecule has 3 aliphatic rings. The van der Waals surface area contributed by atoms with E-state index >= 15 is 0 Å². The SMILES string of the molecule is O=C(Cc1ccc(NC2=N[C@@H]3CS(=O)(=O)C[C@@H]3S2)cc1)N1CC[NH+](Cc2ccccc2)CC1. The zero-order valence-corrected chi connectivity index (χ0v) is 20.1. The highest BCUT2D eigenvalue weighted by atomic mass is 32.2. The number of nitrogens with zero attached hydrogens (tertiary/aromatic N) is 2. The van der Waals surface area contributed by atoms with Crippen molar-refractivity contribution >= 4 is 38.4 Å². The Kier molecular flexibility index (Phi) is 6.44. The van der Waals surface area contributed by atoms with Crippen molar-refractivity contribution < 1.29 is 18.1 Å². The monoisotopic (exact) mass is 485 g/mol. The molecule has 2 saturated heterocycles. The summed E-state index contributed by atoms with van der Waals surface area (Å²) in [6.07, 6.45) is 0.409. The summed E-state index contributed by atoms with van der Waals surface area (Å²) >= 11 is 1.51. The van der Waals surface area contributed by atoms with E-state index in [1.54, 1.807) is 0 Å². The van der Waals surface area contributed by atoms with E-state index in [0.717, 1.165) is 49.1 Å². The number of thioether (sulfide) groups is 1. The van der Waals surface area contributed by atoms with E-state index in [0.29, 0.717) is 6.42 Å². The molecule has 3 heterocycles. The number of aliphatic imine (C=N–C) groups is 1. The number of sulfone groups is 1. The molecule has 2 N–H and O–H groups in total. The van der Waals surface area contributed by atoms with E-state index in [-0.39, 0.29) is 28.7 Å². The van der Waals surface area contributed by atoms with Gasteiger partial charge in [-0.25, -0.2) is 8.42 Å². The average molecular weight is 486 g/mol. The number of benzene rings is 2. The third kappa shape index (κ3) is 5.59. The second kappa shape index (κ2) is 9.48. The molecule has 3 aliphatic heterocycles. The van der Waals surface area contributed by atoms with E-state index in [9.17, 15) is 13.2 Å². The lowest BCUT2D eigenvalue weighted by Gasteiger charge is -2.32. The summed E-state index contributed by atoms with van der Waals surface area (Å²) < 4.78 is 23.4. The normalized spacial score (nSPS) is 24.4. The molecule has 7 nitrogen and oxygen atoms in total. The van der Waals surface area contributed by atoms with Crippen LogP contribution in [-0.4, -0.2) is 73.4 Å². The smallest absolute Gasteiger partial charge is 0.227 e. The molecule has 2 aromatic rings. The summed E-state index contributed by atoms with van der Waals surface area (Å²) in [6.45, 7) is 4.57. The molecule has 9 heteroatoms. The number of carbonyl (C=O) groups excluding carboxylic acids is 1. The molecule has 2 aromatic carbocycles. The van der Waals surface area contributed by atoms with Crippen molar-refractivity contribution in [2.75, 3.05) is 43.0 Å². The number of hydrogen-bond donors (Lipinski definition) is 2. The lowest BCUT2D eigenvalue weighted by Crippen LogP contribution is -3.13. The predicted molar refractivity (Wildman–Crippen MR) is 132 cm³/mol. The fourth-order valence-corrected chi connectivity index (χ4v) is 8.34. The summed E-state index contributed by atoms with van der Waals surface area (Å²) in [5, 5.41) is 4.09. The van der Waals surface area contributed by atoms with Gasteiger partial charge in [0.2, 0.25) is 5.91 Å². The quantitative estimate of drug-likeness (QED) is 0.656. The first-order valence-corrected chi connectivity index (χ1v) is 14.1. The van der Waals surface area contributed by atoms with Gasteiger partial charge in [-0.15, -0.1) is 0 Å². The Morgan fingerprint density at radius 2 is 1.76 bits per heavy atom. The van der Waals surface area contributed by atoms with Crippen LogP contribution in [0.3, 0.4) is 0 Å². The Labute approximate surface area is 199 Å². The van der Waals surface area contributed by atoms with Crippen molar-refractivity contribution in [3.63, 3.8) is 0 Å². The van der Waals surface area contributed by atoms with Crippen LogP contribution < -0.4 is 10.2 Å². The van der Waals surface area contributed by atoms with Crippen LogP contribution in [0.25, 0.3) is 0 Å². The molecule has 2 atom stereocenters. The van der Waals surface area contributed by atoms with Crippen molar-refractivity contribution in [3.8, 4) is 0 Å². The lowest BCUT2D eigenvalue weighted by molar-refractivity contribution is -0.917. The largest absolute Gasteiger partial charge is 0.335 e. The molecule has 2 fully saturated rings. The standard InChI is InChI=1S/C24H28N4O3S2/c29-23(28-12-10-27(11-13-28)15-19-4-2-1-3-5-19)14-18-6-8-20(9-7-18)25-24-26-21-16-33(30,31)17-22(21)32-24/h1-9,21-22H,10-17H2,(H,25,26)/p+1/t21-,22+/m1/s1. The molecule has 0 bridgehead atoms. The van der Waals surface area contributed by atoms with Gasteiger partial charge < -0.3 is 15.1 Å². The zero-order valence-electron chi connectivity index (χ0n) is 18.4. The lowest BCUT2D eigenvalue weighted by atomic mass is 10.1. The molecule has 1 amide bonds. The van der Waals surface area contributed by atoms with Crippen LogP contribution in [0, 0.1) is 0 Å². The zero-order chi connectivity index (χ0) is 22.8. The molecule has 0 spiro atoms. The first-order valence-electron chi connectivity index (χ1n) is 11.4. The van der Waals surface area contributed by atoms with Gasteiger partial charge in [0.15, 0.2) is 15.0 Å². The summed E-state index contributed by atoms with van der Waals surface area (Å²) in [4.78, 5) is 20.8. The van der Waals surface area contributed by atoms with E-state index < -0.39 is 9.84 Å². The van der Waals surface area contributed by atoms with Crippen LogP contribution in [-0.2, 0) is 27.6 Å². The Hall–Kier alpha value is -2.36. The number of quaternary nitrogens is 1. The molecule has 0 radical (unpaired) electrons. The number of amidine groups is 1. The third-order valence-electron chi connectivity index (χ3n) is 6.50. The highest BCUT2D eigenvalue weighted by molar-refractivity contribution is 8.15. The molecule has 33 heavy (non-hydrogen) atoms. The van der Waals surface area contributed by atoms with E-state index in [1.807, 2.05) is 35.2 Å². The van der Waals surface area contributed by atoms with Crippen molar-refractivity contribution in [3.05, 3.63) is 65.7 Å². The van der Waals surface area contributed by atoms with E-state index in [2.05, 4.69) is 34.6 Å². The summed E-state index contributed by atoms with van der Waals surface area (Å²) in [5.41, 5.74) is 3.24. The molecular weight excluding hydrogens is 456 g/mol. The minimum absolute atomic E-state index is 0.0318. The van der Waals surface area contributed by atoms with Gasteiger partial charge in [0, 0.05) is 16.5 Å². The Morgan fingerprint density at radius 1 is 1.03 bits per heavy atom. The maximum absolute atomic E-state index is 12.8. The number of nitrogens with one attached hydrogen (secondary N) is 2. The maximum atomic E-state index is 12.8. The minimum Gasteiger partial charge on any atom is -0.335 e. The first kappa shape index (κ1) is 22.4. The molecule has 0 unspecified atom stereocenters. The van der Waals surface area contributed by atoms with Crippen molar-refractivity contribution in [1.82, 2.24) is 4.90 Å². The van der Waals surface area contributed by atoms with Crippen molar-refractivity contribution in [2.24, 2.45) is 4.99 Å². The fourth-order valence-electron chi connectivity index (χ4n) is 4.67. The van der Waals surface area contributed by atoms with Crippen molar-refractivity contribution in [2.45, 2.75) is 24.3 Å². The highest BCUT2D eigenvalue weighted by Crippen LogP contribution is 2.34. The van der Waals surface area contributed by atoms with Crippen LogP contribution in [0.2, 0.25) is 0 Å². The Balaban J connectivity index is 1.09. The predicted octanol–water partition coefficient (Wildman–Crippen LogP) is 0.837. The molecule has 5 rings (SSSR count). The summed E-state index contributed by atoms with van der Waals surface area (Å²) in [5.74, 6) is 0.540. The minimum atomic E-state index is -2.94. The van der Waals surface area contributed by atoms with Gasteiger partial charge >= 0.3 is 0 Å². The van der Waals surface area contributed by atoms with Crippen LogP contribution in [0.4, 0.5) is 5.69 Å². The van der Waals surface area contributed by atoms with Crippen LogP contribution >= 0.6 is 11.8 Å². The number of rotatable bonds is 5. The van der Waals surface area contributed by atoms with E-state index in [1.165, 1.54) is 22.2 Å². The average Bonchev–Trinajstić information content (AvgIpc) is 3.28. The van der Waals surface area contributed by atoms with Crippen LogP contribution in [0.15, 0.2) is 59.6 Å².